The zero-order chi connectivity index (χ0) is 32.8. The molecule has 14 heteroatoms. The van der Waals surface area contributed by atoms with Crippen molar-refractivity contribution in [3.8, 4) is 17.2 Å². The highest BCUT2D eigenvalue weighted by molar-refractivity contribution is 7.89. The number of rotatable bonds is 15. The Hall–Kier alpha value is -3.14. The van der Waals surface area contributed by atoms with Gasteiger partial charge in [-0.15, -0.1) is 0 Å². The van der Waals surface area contributed by atoms with Gasteiger partial charge in [-0.3, -0.25) is 0 Å². The molecule has 0 bridgehead atoms. The monoisotopic (exact) mass is 663 g/mol. The molecule has 1 amide bonds. The van der Waals surface area contributed by atoms with Crippen LogP contribution in [0.3, 0.4) is 0 Å². The van der Waals surface area contributed by atoms with Gasteiger partial charge in [-0.05, 0) is 62.7 Å². The lowest BCUT2D eigenvalue weighted by Gasteiger charge is -2.31. The van der Waals surface area contributed by atoms with Crippen LogP contribution in [-0.4, -0.2) is 114 Å². The maximum atomic E-state index is 13.9. The highest BCUT2D eigenvalue weighted by atomic mass is 32.2. The fourth-order valence-electron chi connectivity index (χ4n) is 5.68. The summed E-state index contributed by atoms with van der Waals surface area (Å²) in [5.41, 5.74) is 0.812. The lowest BCUT2D eigenvalue weighted by atomic mass is 10.0. The molecule has 2 aromatic carbocycles. The van der Waals surface area contributed by atoms with Gasteiger partial charge in [-0.25, -0.2) is 13.2 Å². The van der Waals surface area contributed by atoms with E-state index in [4.69, 9.17) is 28.4 Å². The number of benzene rings is 2. The third kappa shape index (κ3) is 8.60. The number of aliphatic hydroxyl groups excluding tert-OH is 1. The molecule has 13 nitrogen and oxygen atoms in total. The van der Waals surface area contributed by atoms with Crippen LogP contribution in [0.25, 0.3) is 0 Å². The second-order valence-corrected chi connectivity index (χ2v) is 14.5. The van der Waals surface area contributed by atoms with Crippen LogP contribution in [-0.2, 0) is 30.7 Å². The lowest BCUT2D eigenvalue weighted by molar-refractivity contribution is -0.0907. The fraction of sp³-hybridized carbons (Fsp3) is 0.594. The second kappa shape index (κ2) is 15.2. The SMILES string of the molecule is CC(C)CN(C[C@@H](O)[C@H](Cc1ccc(OCCN(C)C)cc1)NC(=O)OC1COC2OCCC12)S(=O)(=O)c1ccc2c(c1)OCO2. The molecule has 3 heterocycles. The molecular formula is C32H45N3O10S. The van der Waals surface area contributed by atoms with Gasteiger partial charge in [0.25, 0.3) is 0 Å². The number of amides is 1. The first-order chi connectivity index (χ1) is 22.0. The van der Waals surface area contributed by atoms with Crippen molar-refractivity contribution in [1.29, 1.82) is 0 Å². The van der Waals surface area contributed by atoms with Crippen LogP contribution < -0.4 is 19.5 Å². The van der Waals surface area contributed by atoms with Crippen LogP contribution in [0.1, 0.15) is 25.8 Å². The molecule has 5 atom stereocenters. The first-order valence-corrected chi connectivity index (χ1v) is 17.1. The minimum Gasteiger partial charge on any atom is -0.492 e. The van der Waals surface area contributed by atoms with Crippen molar-refractivity contribution in [1.82, 2.24) is 14.5 Å². The molecule has 3 aliphatic heterocycles. The van der Waals surface area contributed by atoms with E-state index in [9.17, 15) is 18.3 Å². The van der Waals surface area contributed by atoms with Crippen molar-refractivity contribution < 1.29 is 46.7 Å². The molecule has 3 aliphatic rings. The summed E-state index contributed by atoms with van der Waals surface area (Å²) in [5.74, 6) is 1.41. The van der Waals surface area contributed by atoms with Crippen molar-refractivity contribution in [2.45, 2.75) is 56.1 Å². The minimum absolute atomic E-state index is 0.0152. The molecule has 2 saturated heterocycles. The van der Waals surface area contributed by atoms with E-state index in [2.05, 4.69) is 5.32 Å². The van der Waals surface area contributed by atoms with E-state index >= 15 is 0 Å². The smallest absolute Gasteiger partial charge is 0.407 e. The van der Waals surface area contributed by atoms with Crippen LogP contribution in [0.2, 0.25) is 0 Å². The van der Waals surface area contributed by atoms with Gasteiger partial charge < -0.3 is 43.7 Å². The topological polar surface area (TPSA) is 145 Å². The van der Waals surface area contributed by atoms with Crippen LogP contribution >= 0.6 is 0 Å². The molecule has 2 N–H and O–H groups in total. The maximum absolute atomic E-state index is 13.9. The Kier molecular flexibility index (Phi) is 11.3. The van der Waals surface area contributed by atoms with Gasteiger partial charge in [0.2, 0.25) is 16.8 Å². The Bertz CT molecular complexity index is 1420. The van der Waals surface area contributed by atoms with Gasteiger partial charge in [0.15, 0.2) is 17.8 Å². The lowest BCUT2D eigenvalue weighted by Crippen LogP contribution is -2.51. The Morgan fingerprint density at radius 2 is 1.83 bits per heavy atom. The first-order valence-electron chi connectivity index (χ1n) is 15.6. The molecule has 2 aromatic rings. The van der Waals surface area contributed by atoms with Crippen molar-refractivity contribution in [2.24, 2.45) is 11.8 Å². The van der Waals surface area contributed by atoms with Crippen LogP contribution in [0, 0.1) is 11.8 Å². The van der Waals surface area contributed by atoms with E-state index in [0.29, 0.717) is 30.5 Å². The van der Waals surface area contributed by atoms with E-state index in [-0.39, 0.29) is 55.9 Å². The first kappa shape index (κ1) is 34.2. The fourth-order valence-corrected chi connectivity index (χ4v) is 7.31. The van der Waals surface area contributed by atoms with Crippen molar-refractivity contribution in [3.63, 3.8) is 0 Å². The molecule has 3 unspecified atom stereocenters. The molecule has 0 aromatic heterocycles. The summed E-state index contributed by atoms with van der Waals surface area (Å²) in [5, 5.41) is 14.4. The molecular weight excluding hydrogens is 618 g/mol. The Morgan fingerprint density at radius 3 is 2.57 bits per heavy atom. The third-order valence-corrected chi connectivity index (χ3v) is 9.97. The number of ether oxygens (including phenoxy) is 6. The number of carbonyl (C=O) groups is 1. The maximum Gasteiger partial charge on any atom is 0.407 e. The highest BCUT2D eigenvalue weighted by Crippen LogP contribution is 2.35. The van der Waals surface area contributed by atoms with E-state index in [1.165, 1.54) is 16.4 Å². The molecule has 0 radical (unpaired) electrons. The molecule has 0 saturated carbocycles. The number of likely N-dealkylation sites (N-methyl/N-ethyl adjacent to an activating group) is 1. The largest absolute Gasteiger partial charge is 0.492 e. The molecule has 46 heavy (non-hydrogen) atoms. The number of nitrogens with one attached hydrogen (secondary N) is 1. The van der Waals surface area contributed by atoms with Crippen molar-refractivity contribution in [3.05, 3.63) is 48.0 Å². The molecule has 254 valence electrons. The average Bonchev–Trinajstić information content (AvgIpc) is 3.75. The van der Waals surface area contributed by atoms with Crippen LogP contribution in [0.15, 0.2) is 47.4 Å². The van der Waals surface area contributed by atoms with Crippen LogP contribution in [0.4, 0.5) is 4.79 Å². The third-order valence-electron chi connectivity index (χ3n) is 8.14. The summed E-state index contributed by atoms with van der Waals surface area (Å²) in [7, 11) is -0.113. The highest BCUT2D eigenvalue weighted by Gasteiger charge is 2.44. The van der Waals surface area contributed by atoms with Gasteiger partial charge in [-0.1, -0.05) is 26.0 Å². The summed E-state index contributed by atoms with van der Waals surface area (Å²) in [6, 6.07) is 10.9. The quantitative estimate of drug-likeness (QED) is 0.290. The summed E-state index contributed by atoms with van der Waals surface area (Å²) in [4.78, 5) is 15.2. The van der Waals surface area contributed by atoms with Gasteiger partial charge in [-0.2, -0.15) is 4.31 Å². The number of hydrogen-bond donors (Lipinski definition) is 2. The zero-order valence-corrected chi connectivity index (χ0v) is 27.6. The van der Waals surface area contributed by atoms with E-state index in [1.807, 2.05) is 57.1 Å². The molecule has 2 fully saturated rings. The minimum atomic E-state index is -4.05. The standard InChI is InChI=1S/C32H45N3O10S/c1-21(2)17-35(46(38,39)24-9-10-28-29(16-24)44-20-43-28)18-27(36)26(15-22-5-7-23(8-6-22)40-14-12-34(3)4)33-32(37)45-30-19-42-31-25(30)11-13-41-31/h5-10,16,21,25-27,30-31,36H,11-15,17-20H2,1-4H3,(H,33,37)/t25?,26-,27+,30?,31?/m0/s1. The van der Waals surface area contributed by atoms with E-state index in [0.717, 1.165) is 18.5 Å². The van der Waals surface area contributed by atoms with Gasteiger partial charge >= 0.3 is 6.09 Å². The number of alkyl carbamates (subject to hydrolysis) is 1. The number of aliphatic hydroxyl groups is 1. The van der Waals surface area contributed by atoms with Gasteiger partial charge in [0.1, 0.15) is 18.5 Å². The van der Waals surface area contributed by atoms with Crippen LogP contribution in [0.5, 0.6) is 17.2 Å². The number of fused-ring (bicyclic) bond motifs is 2. The number of carbonyl (C=O) groups excluding carboxylic acids is 1. The average molecular weight is 664 g/mol. The van der Waals surface area contributed by atoms with Gasteiger partial charge in [0, 0.05) is 25.7 Å². The predicted octanol–water partition coefficient (Wildman–Crippen LogP) is 2.46. The summed E-state index contributed by atoms with van der Waals surface area (Å²) in [6.45, 7) is 5.75. The Labute approximate surface area is 270 Å². The molecule has 0 aliphatic carbocycles. The Balaban J connectivity index is 1.32. The normalized spacial score (nSPS) is 21.9. The van der Waals surface area contributed by atoms with E-state index in [1.54, 1.807) is 6.07 Å². The zero-order valence-electron chi connectivity index (χ0n) is 26.8. The molecule has 0 spiro atoms. The van der Waals surface area contributed by atoms with E-state index < -0.39 is 34.4 Å². The number of sulfonamides is 1. The predicted molar refractivity (Wildman–Crippen MR) is 167 cm³/mol. The second-order valence-electron chi connectivity index (χ2n) is 12.5. The summed E-state index contributed by atoms with van der Waals surface area (Å²) < 4.78 is 62.4. The molecule has 5 rings (SSSR count). The number of hydrogen-bond acceptors (Lipinski definition) is 11. The number of nitrogens with zero attached hydrogens (tertiary/aromatic N) is 2. The summed E-state index contributed by atoms with van der Waals surface area (Å²) >= 11 is 0. The van der Waals surface area contributed by atoms with Crippen molar-refractivity contribution in [2.75, 3.05) is 60.3 Å². The van der Waals surface area contributed by atoms with Gasteiger partial charge in [0.05, 0.1) is 36.2 Å². The Morgan fingerprint density at radius 1 is 1.07 bits per heavy atom. The summed E-state index contributed by atoms with van der Waals surface area (Å²) in [6.07, 6.45) is -1.93. The van der Waals surface area contributed by atoms with Crippen molar-refractivity contribution >= 4 is 16.1 Å².